The molecule has 0 aliphatic heterocycles. The van der Waals surface area contributed by atoms with Gasteiger partial charge in [-0.05, 0) is 29.8 Å². The summed E-state index contributed by atoms with van der Waals surface area (Å²) >= 11 is 0. The zero-order valence-corrected chi connectivity index (χ0v) is 17.4. The van der Waals surface area contributed by atoms with Crippen LogP contribution in [0.15, 0.2) is 84.9 Å². The highest BCUT2D eigenvalue weighted by molar-refractivity contribution is 6.03. The van der Waals surface area contributed by atoms with Gasteiger partial charge >= 0.3 is 0 Å². The van der Waals surface area contributed by atoms with Crippen LogP contribution in [-0.4, -0.2) is 36.2 Å². The lowest BCUT2D eigenvalue weighted by Gasteiger charge is -2.19. The summed E-state index contributed by atoms with van der Waals surface area (Å²) in [6.07, 6.45) is 0.0982. The first-order valence-corrected chi connectivity index (χ1v) is 10.1. The monoisotopic (exact) mass is 415 g/mol. The summed E-state index contributed by atoms with van der Waals surface area (Å²) < 4.78 is 0. The van der Waals surface area contributed by atoms with Crippen LogP contribution in [0.1, 0.15) is 32.7 Å². The predicted octanol–water partition coefficient (Wildman–Crippen LogP) is 3.72. The van der Waals surface area contributed by atoms with Gasteiger partial charge in [-0.2, -0.15) is 0 Å². The molecule has 0 saturated heterocycles. The van der Waals surface area contributed by atoms with Gasteiger partial charge in [0.05, 0.1) is 11.3 Å². The molecular formula is C25H25N3O3. The lowest BCUT2D eigenvalue weighted by Crippen LogP contribution is -2.29. The number of hydrogen-bond donors (Lipinski definition) is 2. The van der Waals surface area contributed by atoms with E-state index < -0.39 is 0 Å². The Hall–Kier alpha value is -3.93. The van der Waals surface area contributed by atoms with Crippen molar-refractivity contribution < 1.29 is 14.4 Å². The second-order valence-corrected chi connectivity index (χ2v) is 7.11. The second kappa shape index (κ2) is 10.7. The fourth-order valence-electron chi connectivity index (χ4n) is 3.11. The van der Waals surface area contributed by atoms with Gasteiger partial charge in [-0.1, -0.05) is 60.7 Å². The maximum Gasteiger partial charge on any atom is 0.256 e. The molecule has 6 heteroatoms. The molecule has 0 fully saturated rings. The van der Waals surface area contributed by atoms with Crippen LogP contribution in [0.4, 0.5) is 5.69 Å². The Labute approximate surface area is 181 Å². The molecule has 0 heterocycles. The van der Waals surface area contributed by atoms with Gasteiger partial charge in [-0.15, -0.1) is 0 Å². The number of amides is 3. The van der Waals surface area contributed by atoms with Crippen molar-refractivity contribution in [3.8, 4) is 0 Å². The average Bonchev–Trinajstić information content (AvgIpc) is 2.80. The Morgan fingerprint density at radius 3 is 2.13 bits per heavy atom. The highest BCUT2D eigenvalue weighted by Gasteiger charge is 2.17. The third-order valence-corrected chi connectivity index (χ3v) is 4.71. The van der Waals surface area contributed by atoms with Crippen molar-refractivity contribution >= 4 is 23.4 Å². The number of hydrogen-bond acceptors (Lipinski definition) is 3. The molecule has 0 aromatic heterocycles. The Balaban J connectivity index is 1.56. The number of benzene rings is 3. The van der Waals surface area contributed by atoms with E-state index in [0.29, 0.717) is 23.4 Å². The van der Waals surface area contributed by atoms with E-state index in [1.165, 1.54) is 0 Å². The van der Waals surface area contributed by atoms with Crippen molar-refractivity contribution in [2.75, 3.05) is 18.9 Å². The van der Waals surface area contributed by atoms with E-state index in [4.69, 9.17) is 0 Å². The quantitative estimate of drug-likeness (QED) is 0.589. The van der Waals surface area contributed by atoms with Gasteiger partial charge in [0.25, 0.3) is 11.8 Å². The smallest absolute Gasteiger partial charge is 0.256 e. The van der Waals surface area contributed by atoms with E-state index >= 15 is 0 Å². The fraction of sp³-hybridized carbons (Fsp3) is 0.160. The van der Waals surface area contributed by atoms with E-state index in [1.807, 2.05) is 36.4 Å². The van der Waals surface area contributed by atoms with Crippen molar-refractivity contribution in [3.05, 3.63) is 102 Å². The maximum atomic E-state index is 12.9. The SMILES string of the molecule is CN(Cc1ccccc1)C(=O)c1ccccc1NC(=O)CCNC(=O)c1ccccc1. The molecule has 3 aromatic rings. The number of nitrogens with zero attached hydrogens (tertiary/aromatic N) is 1. The summed E-state index contributed by atoms with van der Waals surface area (Å²) in [7, 11) is 1.73. The molecular weight excluding hydrogens is 390 g/mol. The minimum absolute atomic E-state index is 0.0982. The van der Waals surface area contributed by atoms with Gasteiger partial charge in [0.1, 0.15) is 0 Å². The highest BCUT2D eigenvalue weighted by atomic mass is 16.2. The van der Waals surface area contributed by atoms with Crippen LogP contribution in [0, 0.1) is 0 Å². The van der Waals surface area contributed by atoms with Crippen molar-refractivity contribution in [3.63, 3.8) is 0 Å². The molecule has 0 unspecified atom stereocenters. The van der Waals surface area contributed by atoms with Crippen molar-refractivity contribution in [1.82, 2.24) is 10.2 Å². The number of anilines is 1. The van der Waals surface area contributed by atoms with Crippen LogP contribution < -0.4 is 10.6 Å². The molecule has 2 N–H and O–H groups in total. The molecule has 0 aliphatic carbocycles. The summed E-state index contributed by atoms with van der Waals surface area (Å²) in [5.41, 5.74) is 2.43. The van der Waals surface area contributed by atoms with E-state index in [2.05, 4.69) is 10.6 Å². The Morgan fingerprint density at radius 2 is 1.42 bits per heavy atom. The average molecular weight is 415 g/mol. The van der Waals surface area contributed by atoms with Crippen LogP contribution in [0.2, 0.25) is 0 Å². The molecule has 0 atom stereocenters. The van der Waals surface area contributed by atoms with Gasteiger partial charge in [0, 0.05) is 32.1 Å². The molecule has 158 valence electrons. The number of rotatable bonds is 8. The third kappa shape index (κ3) is 6.27. The Kier molecular flexibility index (Phi) is 7.54. The van der Waals surface area contributed by atoms with Crippen molar-refractivity contribution in [2.45, 2.75) is 13.0 Å². The third-order valence-electron chi connectivity index (χ3n) is 4.71. The van der Waals surface area contributed by atoms with E-state index in [-0.39, 0.29) is 30.7 Å². The standard InChI is InChI=1S/C25H25N3O3/c1-28(18-19-10-4-2-5-11-19)25(31)21-14-8-9-15-22(21)27-23(29)16-17-26-24(30)20-12-6-3-7-13-20/h2-15H,16-18H2,1H3,(H,26,30)(H,27,29). The van der Waals surface area contributed by atoms with Crippen LogP contribution in [0.25, 0.3) is 0 Å². The number of carbonyl (C=O) groups excluding carboxylic acids is 3. The van der Waals surface area contributed by atoms with Gasteiger partial charge in [0.15, 0.2) is 0 Å². The normalized spacial score (nSPS) is 10.2. The second-order valence-electron chi connectivity index (χ2n) is 7.11. The molecule has 0 aliphatic rings. The number of para-hydroxylation sites is 1. The first-order valence-electron chi connectivity index (χ1n) is 10.1. The highest BCUT2D eigenvalue weighted by Crippen LogP contribution is 2.18. The molecule has 0 bridgehead atoms. The van der Waals surface area contributed by atoms with E-state index in [9.17, 15) is 14.4 Å². The topological polar surface area (TPSA) is 78.5 Å². The molecule has 0 saturated carbocycles. The molecule has 3 aromatic carbocycles. The first kappa shape index (κ1) is 21.8. The van der Waals surface area contributed by atoms with Crippen LogP contribution in [-0.2, 0) is 11.3 Å². The molecule has 3 rings (SSSR count). The Morgan fingerprint density at radius 1 is 0.806 bits per heavy atom. The lowest BCUT2D eigenvalue weighted by molar-refractivity contribution is -0.116. The van der Waals surface area contributed by atoms with Gasteiger partial charge in [-0.25, -0.2) is 0 Å². The van der Waals surface area contributed by atoms with Crippen LogP contribution in [0.3, 0.4) is 0 Å². The minimum atomic E-state index is -0.278. The summed E-state index contributed by atoms with van der Waals surface area (Å²) in [5.74, 6) is -0.692. The van der Waals surface area contributed by atoms with Crippen molar-refractivity contribution in [1.29, 1.82) is 0 Å². The molecule has 6 nitrogen and oxygen atoms in total. The van der Waals surface area contributed by atoms with Gasteiger partial charge in [0.2, 0.25) is 5.91 Å². The Bertz CT molecular complexity index is 1040. The summed E-state index contributed by atoms with van der Waals surface area (Å²) in [6.45, 7) is 0.664. The minimum Gasteiger partial charge on any atom is -0.352 e. The summed E-state index contributed by atoms with van der Waals surface area (Å²) in [6, 6.07) is 25.4. The number of nitrogens with one attached hydrogen (secondary N) is 2. The van der Waals surface area contributed by atoms with Gasteiger partial charge in [-0.3, -0.25) is 14.4 Å². The molecule has 0 radical (unpaired) electrons. The zero-order chi connectivity index (χ0) is 22.1. The zero-order valence-electron chi connectivity index (χ0n) is 17.4. The van der Waals surface area contributed by atoms with Crippen molar-refractivity contribution in [2.24, 2.45) is 0 Å². The number of carbonyl (C=O) groups is 3. The van der Waals surface area contributed by atoms with Crippen LogP contribution >= 0.6 is 0 Å². The fourth-order valence-corrected chi connectivity index (χ4v) is 3.11. The van der Waals surface area contributed by atoms with E-state index in [1.54, 1.807) is 60.5 Å². The maximum absolute atomic E-state index is 12.9. The predicted molar refractivity (Wildman–Crippen MR) is 121 cm³/mol. The molecule has 3 amide bonds. The lowest BCUT2D eigenvalue weighted by atomic mass is 10.1. The summed E-state index contributed by atoms with van der Waals surface area (Å²) in [4.78, 5) is 39.0. The van der Waals surface area contributed by atoms with E-state index in [0.717, 1.165) is 5.56 Å². The molecule has 0 spiro atoms. The van der Waals surface area contributed by atoms with Gasteiger partial charge < -0.3 is 15.5 Å². The van der Waals surface area contributed by atoms with Crippen LogP contribution in [0.5, 0.6) is 0 Å². The summed E-state index contributed by atoms with van der Waals surface area (Å²) in [5, 5.41) is 5.51. The molecule has 31 heavy (non-hydrogen) atoms. The first-order chi connectivity index (χ1) is 15.0. The largest absolute Gasteiger partial charge is 0.352 e.